The molecule has 0 bridgehead atoms. The molecule has 2 N–H and O–H groups in total. The minimum Gasteiger partial charge on any atom is -0.458 e. The van der Waals surface area contributed by atoms with Crippen molar-refractivity contribution in [3.8, 4) is 0 Å². The van der Waals surface area contributed by atoms with Gasteiger partial charge in [-0.15, -0.1) is 0 Å². The molecule has 4 heteroatoms. The van der Waals surface area contributed by atoms with Gasteiger partial charge in [0, 0.05) is 12.5 Å². The van der Waals surface area contributed by atoms with Crippen molar-refractivity contribution in [1.29, 1.82) is 0 Å². The number of carbonyl (C=O) groups is 2. The van der Waals surface area contributed by atoms with Gasteiger partial charge >= 0.3 is 5.97 Å². The van der Waals surface area contributed by atoms with Crippen molar-refractivity contribution >= 4 is 11.8 Å². The lowest BCUT2D eigenvalue weighted by Crippen LogP contribution is -2.48. The molecule has 1 heterocycles. The van der Waals surface area contributed by atoms with Crippen LogP contribution in [0.3, 0.4) is 0 Å². The van der Waals surface area contributed by atoms with E-state index in [0.717, 1.165) is 31.2 Å². The number of aryl methyl sites for hydroxylation is 1. The number of nitrogens with two attached hydrogens (primary N) is 1. The fourth-order valence-electron chi connectivity index (χ4n) is 4.22. The number of ether oxygens (including phenoxy) is 1. The zero-order valence-corrected chi connectivity index (χ0v) is 14.4. The number of esters is 1. The van der Waals surface area contributed by atoms with Gasteiger partial charge in [-0.2, -0.15) is 0 Å². The molecule has 24 heavy (non-hydrogen) atoms. The van der Waals surface area contributed by atoms with Gasteiger partial charge in [0.25, 0.3) is 0 Å². The molecule has 1 saturated carbocycles. The molecule has 3 rings (SSSR count). The largest absolute Gasteiger partial charge is 0.458 e. The van der Waals surface area contributed by atoms with Crippen LogP contribution in [0.2, 0.25) is 0 Å². The Bertz CT molecular complexity index is 584. The van der Waals surface area contributed by atoms with Crippen molar-refractivity contribution in [3.63, 3.8) is 0 Å². The molecule has 130 valence electrons. The molecule has 1 aromatic carbocycles. The average molecular weight is 329 g/mol. The maximum Gasteiger partial charge on any atom is 0.313 e. The topological polar surface area (TPSA) is 69.4 Å². The minimum atomic E-state index is -0.581. The number of carbonyl (C=O) groups excluding carboxylic acids is 2. The summed E-state index contributed by atoms with van der Waals surface area (Å²) in [6.45, 7) is 1.97. The summed E-state index contributed by atoms with van der Waals surface area (Å²) in [6.07, 6.45) is 6.33. The summed E-state index contributed by atoms with van der Waals surface area (Å²) >= 11 is 0. The first-order valence-corrected chi connectivity index (χ1v) is 9.06. The normalized spacial score (nSPS) is 26.4. The number of hydrogen-bond donors (Lipinski definition) is 1. The van der Waals surface area contributed by atoms with E-state index in [1.807, 2.05) is 6.92 Å². The van der Waals surface area contributed by atoms with Crippen LogP contribution in [0.1, 0.15) is 69.0 Å². The highest BCUT2D eigenvalue weighted by Gasteiger charge is 2.47. The molecule has 0 amide bonds. The van der Waals surface area contributed by atoms with E-state index in [-0.39, 0.29) is 24.2 Å². The molecule has 1 aromatic rings. The Labute approximate surface area is 143 Å². The molecule has 2 aliphatic rings. The van der Waals surface area contributed by atoms with Gasteiger partial charge in [0.05, 0.1) is 0 Å². The van der Waals surface area contributed by atoms with Crippen LogP contribution in [0.4, 0.5) is 0 Å². The van der Waals surface area contributed by atoms with Crippen molar-refractivity contribution in [3.05, 3.63) is 35.4 Å². The second-order valence-corrected chi connectivity index (χ2v) is 7.44. The van der Waals surface area contributed by atoms with E-state index in [9.17, 15) is 9.59 Å². The van der Waals surface area contributed by atoms with E-state index in [1.165, 1.54) is 18.4 Å². The van der Waals surface area contributed by atoms with Crippen LogP contribution >= 0.6 is 0 Å². The van der Waals surface area contributed by atoms with Crippen molar-refractivity contribution in [2.75, 3.05) is 0 Å². The fourth-order valence-corrected chi connectivity index (χ4v) is 4.22. The van der Waals surface area contributed by atoms with E-state index in [4.69, 9.17) is 10.5 Å². The lowest BCUT2D eigenvalue weighted by atomic mass is 9.76. The second-order valence-electron chi connectivity index (χ2n) is 7.44. The van der Waals surface area contributed by atoms with Crippen LogP contribution in [-0.4, -0.2) is 17.4 Å². The van der Waals surface area contributed by atoms with Crippen molar-refractivity contribution < 1.29 is 14.3 Å². The lowest BCUT2D eigenvalue weighted by Gasteiger charge is -2.41. The predicted octanol–water partition coefficient (Wildman–Crippen LogP) is 3.47. The SMILES string of the molecule is CC(N)c1ccc(CCC2(C3CCCC3)CC(=O)CC(=O)O2)cc1. The molecular weight excluding hydrogens is 302 g/mol. The third-order valence-electron chi connectivity index (χ3n) is 5.60. The number of benzene rings is 1. The van der Waals surface area contributed by atoms with Crippen LogP contribution in [0.5, 0.6) is 0 Å². The molecule has 2 atom stereocenters. The molecule has 1 saturated heterocycles. The Morgan fingerprint density at radius 2 is 1.88 bits per heavy atom. The first-order chi connectivity index (χ1) is 11.5. The molecule has 0 radical (unpaired) electrons. The predicted molar refractivity (Wildman–Crippen MR) is 92.4 cm³/mol. The maximum atomic E-state index is 12.1. The van der Waals surface area contributed by atoms with Crippen LogP contribution in [0.15, 0.2) is 24.3 Å². The van der Waals surface area contributed by atoms with Gasteiger partial charge in [0.1, 0.15) is 17.8 Å². The first kappa shape index (κ1) is 17.2. The molecule has 0 aromatic heterocycles. The van der Waals surface area contributed by atoms with Crippen LogP contribution in [0, 0.1) is 5.92 Å². The molecule has 2 fully saturated rings. The van der Waals surface area contributed by atoms with Crippen LogP contribution < -0.4 is 5.73 Å². The quantitative estimate of drug-likeness (QED) is 0.663. The van der Waals surface area contributed by atoms with E-state index in [0.29, 0.717) is 12.3 Å². The van der Waals surface area contributed by atoms with Gasteiger partial charge < -0.3 is 10.5 Å². The molecular formula is C20H27NO3. The molecule has 4 nitrogen and oxygen atoms in total. The summed E-state index contributed by atoms with van der Waals surface area (Å²) in [6, 6.07) is 8.32. The zero-order chi connectivity index (χ0) is 17.2. The Kier molecular flexibility index (Phi) is 5.04. The highest BCUT2D eigenvalue weighted by atomic mass is 16.6. The lowest BCUT2D eigenvalue weighted by molar-refractivity contribution is -0.178. The molecule has 1 aliphatic carbocycles. The monoisotopic (exact) mass is 329 g/mol. The number of hydrogen-bond acceptors (Lipinski definition) is 4. The second kappa shape index (κ2) is 7.06. The van der Waals surface area contributed by atoms with E-state index in [1.54, 1.807) is 0 Å². The number of ketones is 1. The summed E-state index contributed by atoms with van der Waals surface area (Å²) in [5, 5.41) is 0. The third kappa shape index (κ3) is 3.69. The van der Waals surface area contributed by atoms with Gasteiger partial charge in [-0.3, -0.25) is 9.59 Å². The van der Waals surface area contributed by atoms with Gasteiger partial charge in [0.2, 0.25) is 0 Å². The zero-order valence-electron chi connectivity index (χ0n) is 14.4. The van der Waals surface area contributed by atoms with Gasteiger partial charge in [-0.1, -0.05) is 37.1 Å². The number of cyclic esters (lactones) is 1. The highest BCUT2D eigenvalue weighted by Crippen LogP contribution is 2.43. The van der Waals surface area contributed by atoms with Crippen LogP contribution in [-0.2, 0) is 20.7 Å². The van der Waals surface area contributed by atoms with Gasteiger partial charge in [-0.05, 0) is 49.7 Å². The summed E-state index contributed by atoms with van der Waals surface area (Å²) in [4.78, 5) is 24.0. The van der Waals surface area contributed by atoms with Gasteiger partial charge in [-0.25, -0.2) is 0 Å². The Balaban J connectivity index is 1.74. The average Bonchev–Trinajstić information content (AvgIpc) is 3.07. The standard InChI is InChI=1S/C20H27NO3/c1-14(21)16-8-6-15(7-9-16)10-11-20(17-4-2-3-5-17)13-18(22)12-19(23)24-20/h6-9,14,17H,2-5,10-13,21H2,1H3. The van der Waals surface area contributed by atoms with Crippen molar-refractivity contribution in [2.24, 2.45) is 11.7 Å². The maximum absolute atomic E-state index is 12.1. The Hall–Kier alpha value is -1.68. The summed E-state index contributed by atoms with van der Waals surface area (Å²) < 4.78 is 5.83. The smallest absolute Gasteiger partial charge is 0.313 e. The fraction of sp³-hybridized carbons (Fsp3) is 0.600. The third-order valence-corrected chi connectivity index (χ3v) is 5.60. The first-order valence-electron chi connectivity index (χ1n) is 9.06. The summed E-state index contributed by atoms with van der Waals surface area (Å²) in [7, 11) is 0. The number of rotatable bonds is 5. The highest BCUT2D eigenvalue weighted by molar-refractivity contribution is 5.98. The molecule has 0 spiro atoms. The van der Waals surface area contributed by atoms with Crippen molar-refractivity contribution in [1.82, 2.24) is 0 Å². The number of Topliss-reactive ketones (excluding diaryl/α,β-unsaturated/α-hetero) is 1. The van der Waals surface area contributed by atoms with E-state index < -0.39 is 5.60 Å². The van der Waals surface area contributed by atoms with Crippen molar-refractivity contribution in [2.45, 2.75) is 69.9 Å². The van der Waals surface area contributed by atoms with E-state index >= 15 is 0 Å². The summed E-state index contributed by atoms with van der Waals surface area (Å²) in [5.41, 5.74) is 7.63. The molecule has 2 unspecified atom stereocenters. The summed E-state index contributed by atoms with van der Waals surface area (Å²) in [5.74, 6) is 0.0185. The molecule has 1 aliphatic heterocycles. The minimum absolute atomic E-state index is 0.0285. The van der Waals surface area contributed by atoms with Crippen LogP contribution in [0.25, 0.3) is 0 Å². The van der Waals surface area contributed by atoms with Gasteiger partial charge in [0.15, 0.2) is 0 Å². The Morgan fingerprint density at radius 3 is 2.46 bits per heavy atom. The van der Waals surface area contributed by atoms with E-state index in [2.05, 4.69) is 24.3 Å². The Morgan fingerprint density at radius 1 is 1.21 bits per heavy atom.